The van der Waals surface area contributed by atoms with Gasteiger partial charge in [0, 0.05) is 0 Å². The smallest absolute Gasteiger partial charge is 0.200 e. The SMILES string of the molecule is C[Si](C)(C)/N=C(\c1c(F)c(F)c(F)c(F)c1F)N([Si](C)(C)C)[Si](C)(C)C. The Balaban J connectivity index is 4.03. The molecule has 0 fully saturated rings. The van der Waals surface area contributed by atoms with Gasteiger partial charge in [-0.3, -0.25) is 0 Å². The second kappa shape index (κ2) is 7.19. The van der Waals surface area contributed by atoms with Gasteiger partial charge >= 0.3 is 0 Å². The molecule has 2 nitrogen and oxygen atoms in total. The number of rotatable bonds is 4. The van der Waals surface area contributed by atoms with Crippen molar-refractivity contribution in [2.75, 3.05) is 0 Å². The third-order valence-corrected chi connectivity index (χ3v) is 11.4. The molecule has 0 bridgehead atoms. The summed E-state index contributed by atoms with van der Waals surface area (Å²) >= 11 is 0. The molecule has 1 aromatic carbocycles. The van der Waals surface area contributed by atoms with Gasteiger partial charge in [0.25, 0.3) is 0 Å². The number of hydrogen-bond donors (Lipinski definition) is 0. The Labute approximate surface area is 155 Å². The monoisotopic (exact) mass is 426 g/mol. The first-order valence-corrected chi connectivity index (χ1v) is 18.7. The summed E-state index contributed by atoms with van der Waals surface area (Å²) in [5, 5.41) is 0. The van der Waals surface area contributed by atoms with Crippen molar-refractivity contribution in [1.29, 1.82) is 0 Å². The zero-order chi connectivity index (χ0) is 20.8. The minimum atomic E-state index is -2.30. The van der Waals surface area contributed by atoms with Crippen LogP contribution in [0, 0.1) is 29.1 Å². The Bertz CT molecular complexity index is 688. The number of hydrogen-bond acceptors (Lipinski definition) is 1. The Hall–Kier alpha value is -1.01. The van der Waals surface area contributed by atoms with E-state index in [1.165, 1.54) is 0 Å². The van der Waals surface area contributed by atoms with Crippen LogP contribution in [-0.4, -0.2) is 34.8 Å². The van der Waals surface area contributed by atoms with Gasteiger partial charge < -0.3 is 8.89 Å². The first-order valence-electron chi connectivity index (χ1n) is 8.31. The number of benzene rings is 1. The molecule has 10 heteroatoms. The lowest BCUT2D eigenvalue weighted by atomic mass is 10.1. The summed E-state index contributed by atoms with van der Waals surface area (Å²) in [7, 11) is -6.79. The topological polar surface area (TPSA) is 15.6 Å². The number of amidine groups is 1. The van der Waals surface area contributed by atoms with E-state index in [0.717, 1.165) is 0 Å². The zero-order valence-electron chi connectivity index (χ0n) is 16.8. The van der Waals surface area contributed by atoms with Crippen molar-refractivity contribution in [2.24, 2.45) is 4.66 Å². The molecule has 0 spiro atoms. The third-order valence-electron chi connectivity index (χ3n) is 3.43. The van der Waals surface area contributed by atoms with Gasteiger partial charge in [-0.15, -0.1) is 0 Å². The second-order valence-electron chi connectivity index (χ2n) is 9.23. The Morgan fingerprint density at radius 2 is 0.923 bits per heavy atom. The van der Waals surface area contributed by atoms with Crippen molar-refractivity contribution in [1.82, 2.24) is 4.23 Å². The van der Waals surface area contributed by atoms with Crippen molar-refractivity contribution >= 4 is 30.5 Å². The summed E-state index contributed by atoms with van der Waals surface area (Å²) in [6.07, 6.45) is 0. The molecule has 0 atom stereocenters. The fourth-order valence-corrected chi connectivity index (χ4v) is 13.7. The van der Waals surface area contributed by atoms with E-state index in [2.05, 4.69) is 4.66 Å². The summed E-state index contributed by atoms with van der Waals surface area (Å²) in [4.78, 5) is 0. The van der Waals surface area contributed by atoms with Gasteiger partial charge in [-0.1, -0.05) is 39.3 Å². The molecule has 0 saturated heterocycles. The fourth-order valence-electron chi connectivity index (χ4n) is 2.98. The molecule has 0 saturated carbocycles. The van der Waals surface area contributed by atoms with Crippen LogP contribution in [0.3, 0.4) is 0 Å². The van der Waals surface area contributed by atoms with Crippen LogP contribution in [0.25, 0.3) is 0 Å². The minimum Gasteiger partial charge on any atom is -0.410 e. The molecule has 0 unspecified atom stereocenters. The second-order valence-corrected chi connectivity index (χ2v) is 23.8. The van der Waals surface area contributed by atoms with Crippen molar-refractivity contribution in [3.8, 4) is 0 Å². The van der Waals surface area contributed by atoms with Gasteiger partial charge in [0.05, 0.1) is 5.56 Å². The number of halogens is 5. The maximum Gasteiger partial charge on any atom is 0.200 e. The maximum absolute atomic E-state index is 14.6. The predicted octanol–water partition coefficient (Wildman–Crippen LogP) is 5.94. The highest BCUT2D eigenvalue weighted by Crippen LogP contribution is 2.30. The zero-order valence-corrected chi connectivity index (χ0v) is 19.8. The molecule has 0 aromatic heterocycles. The van der Waals surface area contributed by atoms with Crippen LogP contribution in [0.4, 0.5) is 22.0 Å². The van der Waals surface area contributed by atoms with E-state index in [9.17, 15) is 22.0 Å². The predicted molar refractivity (Wildman–Crippen MR) is 105 cm³/mol. The lowest BCUT2D eigenvalue weighted by molar-refractivity contribution is 0.376. The minimum absolute atomic E-state index is 0.0877. The molecular formula is C16H27F5N2Si3. The molecule has 0 radical (unpaired) electrons. The van der Waals surface area contributed by atoms with E-state index in [1.807, 2.05) is 63.2 Å². The summed E-state index contributed by atoms with van der Waals surface area (Å²) in [5.41, 5.74) is -0.909. The van der Waals surface area contributed by atoms with Crippen molar-refractivity contribution in [2.45, 2.75) is 58.9 Å². The van der Waals surface area contributed by atoms with Gasteiger partial charge in [-0.25, -0.2) is 22.0 Å². The summed E-state index contributed by atoms with van der Waals surface area (Å²) < 4.78 is 76.8. The van der Waals surface area contributed by atoms with E-state index in [4.69, 9.17) is 0 Å². The largest absolute Gasteiger partial charge is 0.410 e. The van der Waals surface area contributed by atoms with Gasteiger partial charge in [-0.2, -0.15) is 0 Å². The first-order chi connectivity index (χ1) is 11.4. The van der Waals surface area contributed by atoms with E-state index in [1.54, 1.807) is 0 Å². The lowest BCUT2D eigenvalue weighted by Crippen LogP contribution is -2.62. The molecule has 0 N–H and O–H groups in total. The quantitative estimate of drug-likeness (QED) is 0.145. The number of nitrogens with zero attached hydrogens (tertiary/aromatic N) is 2. The van der Waals surface area contributed by atoms with Crippen LogP contribution in [0.1, 0.15) is 5.56 Å². The van der Waals surface area contributed by atoms with Crippen LogP contribution in [0.15, 0.2) is 4.66 Å². The lowest BCUT2D eigenvalue weighted by Gasteiger charge is -2.47. The summed E-state index contributed by atoms with van der Waals surface area (Å²) in [6.45, 7) is 17.4. The van der Waals surface area contributed by atoms with Crippen molar-refractivity contribution < 1.29 is 22.0 Å². The van der Waals surface area contributed by atoms with Crippen LogP contribution < -0.4 is 0 Å². The van der Waals surface area contributed by atoms with Gasteiger partial charge in [0.15, 0.2) is 31.5 Å². The molecule has 0 aliphatic heterocycles. The van der Waals surface area contributed by atoms with E-state index in [-0.39, 0.29) is 5.84 Å². The molecule has 148 valence electrons. The maximum atomic E-state index is 14.6. The van der Waals surface area contributed by atoms with E-state index >= 15 is 0 Å². The third kappa shape index (κ3) is 4.83. The molecule has 1 aromatic rings. The highest BCUT2D eigenvalue weighted by Gasteiger charge is 2.41. The molecule has 1 rings (SSSR count). The fraction of sp³-hybridized carbons (Fsp3) is 0.562. The van der Waals surface area contributed by atoms with Gasteiger partial charge in [-0.05, 0) is 19.6 Å². The van der Waals surface area contributed by atoms with Crippen molar-refractivity contribution in [3.63, 3.8) is 0 Å². The normalized spacial score (nSPS) is 14.0. The van der Waals surface area contributed by atoms with Crippen LogP contribution in [-0.2, 0) is 0 Å². The van der Waals surface area contributed by atoms with E-state index < -0.39 is 59.4 Å². The highest BCUT2D eigenvalue weighted by atomic mass is 28.4. The molecule has 0 aliphatic rings. The Morgan fingerprint density at radius 3 is 1.19 bits per heavy atom. The summed E-state index contributed by atoms with van der Waals surface area (Å²) in [5.74, 6) is -9.75. The molecule has 0 amide bonds. The molecular weight excluding hydrogens is 399 g/mol. The standard InChI is InChI=1S/C16H27F5N2Si3/c1-24(2,3)22-16(23(25(4,5)6)26(7,8)9)10-11(17)13(19)15(21)14(20)12(10)18/h1-9H3/b22-16+. The highest BCUT2D eigenvalue weighted by molar-refractivity contribution is 6.93. The average molecular weight is 427 g/mol. The Morgan fingerprint density at radius 1 is 0.615 bits per heavy atom. The van der Waals surface area contributed by atoms with Crippen LogP contribution in [0.5, 0.6) is 0 Å². The molecule has 0 heterocycles. The van der Waals surface area contributed by atoms with Gasteiger partial charge in [0.2, 0.25) is 5.82 Å². The van der Waals surface area contributed by atoms with Gasteiger partial charge in [0.1, 0.15) is 22.3 Å². The summed E-state index contributed by atoms with van der Waals surface area (Å²) in [6, 6.07) is 0. The molecule has 0 aliphatic carbocycles. The average Bonchev–Trinajstić information content (AvgIpc) is 2.38. The Kier molecular flexibility index (Phi) is 6.37. The first kappa shape index (κ1) is 23.0. The van der Waals surface area contributed by atoms with Crippen molar-refractivity contribution in [3.05, 3.63) is 34.6 Å². The van der Waals surface area contributed by atoms with E-state index in [0.29, 0.717) is 0 Å². The van der Waals surface area contributed by atoms with Crippen LogP contribution in [0.2, 0.25) is 58.9 Å². The molecule has 26 heavy (non-hydrogen) atoms. The van der Waals surface area contributed by atoms with Crippen LogP contribution >= 0.6 is 0 Å².